The molecule has 0 aromatic heterocycles. The molecule has 5 aliphatic carbocycles. The van der Waals surface area contributed by atoms with E-state index in [0.29, 0.717) is 39.2 Å². The van der Waals surface area contributed by atoms with E-state index in [1.54, 1.807) is 6.42 Å². The van der Waals surface area contributed by atoms with Crippen LogP contribution in [0.3, 0.4) is 0 Å². The molecule has 0 heterocycles. The Morgan fingerprint density at radius 2 is 1.45 bits per heavy atom. The van der Waals surface area contributed by atoms with Gasteiger partial charge in [-0.15, -0.1) is 0 Å². The molecule has 29 heavy (non-hydrogen) atoms. The zero-order valence-corrected chi connectivity index (χ0v) is 20.7. The third kappa shape index (κ3) is 2.22. The van der Waals surface area contributed by atoms with Gasteiger partial charge in [-0.2, -0.15) is 0 Å². The van der Waals surface area contributed by atoms with E-state index in [1.807, 2.05) is 0 Å². The van der Waals surface area contributed by atoms with Crippen molar-refractivity contribution in [1.29, 1.82) is 0 Å². The first kappa shape index (κ1) is 20.8. The molecule has 166 valence electrons. The van der Waals surface area contributed by atoms with Crippen LogP contribution in [0.15, 0.2) is 0 Å². The second kappa shape index (κ2) is 6.03. The summed E-state index contributed by atoms with van der Waals surface area (Å²) >= 11 is 0. The fourth-order valence-electron chi connectivity index (χ4n) is 11.1. The molecule has 2 spiro atoms. The Balaban J connectivity index is 1.49. The van der Waals surface area contributed by atoms with Gasteiger partial charge in [-0.3, -0.25) is 0 Å². The molecule has 5 saturated carbocycles. The highest BCUT2D eigenvalue weighted by Gasteiger charge is 2.82. The fraction of sp³-hybridized carbons (Fsp3) is 1.00. The van der Waals surface area contributed by atoms with E-state index in [-0.39, 0.29) is 0 Å². The number of nitrogens with zero attached hydrogens (tertiary/aromatic N) is 1. The van der Waals surface area contributed by atoms with Crippen molar-refractivity contribution in [2.24, 2.45) is 44.8 Å². The van der Waals surface area contributed by atoms with Gasteiger partial charge in [0.15, 0.2) is 0 Å². The van der Waals surface area contributed by atoms with Gasteiger partial charge in [-0.1, -0.05) is 27.7 Å². The molecule has 5 fully saturated rings. The smallest absolute Gasteiger partial charge is 0.0118 e. The van der Waals surface area contributed by atoms with Gasteiger partial charge in [0.1, 0.15) is 0 Å². The number of hydrogen-bond acceptors (Lipinski definition) is 2. The van der Waals surface area contributed by atoms with Crippen LogP contribution in [0.2, 0.25) is 0 Å². The van der Waals surface area contributed by atoms with Crippen molar-refractivity contribution >= 4 is 0 Å². The summed E-state index contributed by atoms with van der Waals surface area (Å²) < 4.78 is 0. The zero-order valence-electron chi connectivity index (χ0n) is 20.7. The highest BCUT2D eigenvalue weighted by molar-refractivity contribution is 5.31. The molecule has 5 rings (SSSR count). The largest absolute Gasteiger partial charge is 0.316 e. The number of hydrogen-bond donors (Lipinski definition) is 1. The van der Waals surface area contributed by atoms with Gasteiger partial charge in [-0.25, -0.2) is 0 Å². The van der Waals surface area contributed by atoms with Crippen LogP contribution in [0.25, 0.3) is 0 Å². The lowest BCUT2D eigenvalue weighted by atomic mass is 9.42. The lowest BCUT2D eigenvalue weighted by molar-refractivity contribution is -0.146. The Morgan fingerprint density at radius 3 is 2.10 bits per heavy atom. The van der Waals surface area contributed by atoms with Crippen molar-refractivity contribution in [2.75, 3.05) is 21.1 Å². The van der Waals surface area contributed by atoms with E-state index in [1.165, 1.54) is 51.4 Å². The van der Waals surface area contributed by atoms with Gasteiger partial charge in [0.05, 0.1) is 0 Å². The number of fused-ring (bicyclic) bond motifs is 2. The van der Waals surface area contributed by atoms with Gasteiger partial charge < -0.3 is 10.2 Å². The van der Waals surface area contributed by atoms with Crippen LogP contribution >= 0.6 is 0 Å². The molecule has 2 heteroatoms. The first-order valence-corrected chi connectivity index (χ1v) is 12.8. The van der Waals surface area contributed by atoms with Crippen LogP contribution in [-0.4, -0.2) is 38.1 Å². The van der Waals surface area contributed by atoms with Crippen molar-refractivity contribution in [1.82, 2.24) is 10.2 Å². The average molecular weight is 401 g/mol. The van der Waals surface area contributed by atoms with Crippen molar-refractivity contribution in [2.45, 2.75) is 104 Å². The first-order chi connectivity index (χ1) is 13.5. The highest BCUT2D eigenvalue weighted by atomic mass is 15.1. The summed E-state index contributed by atoms with van der Waals surface area (Å²) in [7, 11) is 6.81. The van der Waals surface area contributed by atoms with Crippen LogP contribution in [0.1, 0.15) is 92.4 Å². The Hall–Kier alpha value is -0.0800. The van der Waals surface area contributed by atoms with E-state index in [2.05, 4.69) is 66.0 Å². The van der Waals surface area contributed by atoms with Crippen molar-refractivity contribution in [3.63, 3.8) is 0 Å². The van der Waals surface area contributed by atoms with E-state index in [4.69, 9.17) is 0 Å². The standard InChI is InChI=1S/C27H48N2/c1-18(29(7)8)19-11-13-25(5)21-10-9-20-23(2,3)22(28-6)12-14-26(20)17-27(21,26)16-15-24(19,25)4/h18-22,28H,9-17H2,1-8H3/t18-,19?,20?,21?,22?,24?,25-,26?,27?/m0/s1. The lowest BCUT2D eigenvalue weighted by Gasteiger charge is -2.63. The second-order valence-corrected chi connectivity index (χ2v) is 13.6. The topological polar surface area (TPSA) is 15.3 Å². The Kier molecular flexibility index (Phi) is 4.33. The summed E-state index contributed by atoms with van der Waals surface area (Å²) in [6.45, 7) is 13.2. The molecule has 5 aliphatic rings. The molecule has 0 aliphatic heterocycles. The van der Waals surface area contributed by atoms with E-state index >= 15 is 0 Å². The van der Waals surface area contributed by atoms with Crippen molar-refractivity contribution in [3.05, 3.63) is 0 Å². The minimum Gasteiger partial charge on any atom is -0.316 e. The summed E-state index contributed by atoms with van der Waals surface area (Å²) in [6, 6.07) is 1.43. The fourth-order valence-corrected chi connectivity index (χ4v) is 11.1. The molecule has 0 bridgehead atoms. The molecule has 2 nitrogen and oxygen atoms in total. The molecule has 0 radical (unpaired) electrons. The Bertz CT molecular complexity index is 684. The molecule has 7 unspecified atom stereocenters. The molecular weight excluding hydrogens is 352 g/mol. The van der Waals surface area contributed by atoms with Gasteiger partial charge in [0.25, 0.3) is 0 Å². The zero-order chi connectivity index (χ0) is 21.0. The predicted octanol–water partition coefficient (Wildman–Crippen LogP) is 5.96. The van der Waals surface area contributed by atoms with Crippen LogP contribution in [0.4, 0.5) is 0 Å². The highest BCUT2D eigenvalue weighted by Crippen LogP contribution is 2.88. The molecule has 0 saturated heterocycles. The predicted molar refractivity (Wildman–Crippen MR) is 123 cm³/mol. The summed E-state index contributed by atoms with van der Waals surface area (Å²) in [5, 5.41) is 3.71. The maximum atomic E-state index is 3.71. The third-order valence-electron chi connectivity index (χ3n) is 13.0. The number of nitrogens with one attached hydrogen (secondary N) is 1. The molecule has 1 N–H and O–H groups in total. The molecular formula is C27H48N2. The first-order valence-electron chi connectivity index (χ1n) is 12.8. The quantitative estimate of drug-likeness (QED) is 0.628. The van der Waals surface area contributed by atoms with E-state index in [0.717, 1.165) is 17.8 Å². The van der Waals surface area contributed by atoms with Gasteiger partial charge in [0, 0.05) is 12.1 Å². The summed E-state index contributed by atoms with van der Waals surface area (Å²) in [5.74, 6) is 2.82. The minimum atomic E-state index is 0.459. The summed E-state index contributed by atoms with van der Waals surface area (Å²) in [4.78, 5) is 2.50. The Labute approximate surface area is 181 Å². The van der Waals surface area contributed by atoms with Gasteiger partial charge in [0.2, 0.25) is 0 Å². The maximum absolute atomic E-state index is 3.71. The van der Waals surface area contributed by atoms with Gasteiger partial charge >= 0.3 is 0 Å². The van der Waals surface area contributed by atoms with Crippen molar-refractivity contribution < 1.29 is 0 Å². The van der Waals surface area contributed by atoms with Crippen LogP contribution in [-0.2, 0) is 0 Å². The molecule has 0 aromatic carbocycles. The van der Waals surface area contributed by atoms with E-state index < -0.39 is 0 Å². The molecule has 9 atom stereocenters. The normalized spacial score (nSPS) is 56.2. The molecule has 0 amide bonds. The third-order valence-corrected chi connectivity index (χ3v) is 13.0. The summed E-state index contributed by atoms with van der Waals surface area (Å²) in [5.41, 5.74) is 2.97. The average Bonchev–Trinajstić information content (AvgIpc) is 3.24. The van der Waals surface area contributed by atoms with E-state index in [9.17, 15) is 0 Å². The second-order valence-electron chi connectivity index (χ2n) is 13.6. The van der Waals surface area contributed by atoms with Crippen molar-refractivity contribution in [3.8, 4) is 0 Å². The monoisotopic (exact) mass is 400 g/mol. The lowest BCUT2D eigenvalue weighted by Crippen LogP contribution is -2.59. The summed E-state index contributed by atoms with van der Waals surface area (Å²) in [6.07, 6.45) is 13.5. The van der Waals surface area contributed by atoms with Crippen LogP contribution in [0.5, 0.6) is 0 Å². The SMILES string of the molecule is CNC1CCC23CC24CCC2(C)C([C@H](C)N(C)C)CC[C@@]2(C)C4CCC3C1(C)C. The van der Waals surface area contributed by atoms with Crippen LogP contribution < -0.4 is 5.32 Å². The minimum absolute atomic E-state index is 0.459. The molecule has 0 aromatic rings. The Morgan fingerprint density at radius 1 is 0.793 bits per heavy atom. The van der Waals surface area contributed by atoms with Gasteiger partial charge in [-0.05, 0) is 131 Å². The van der Waals surface area contributed by atoms with Crippen LogP contribution in [0, 0.1) is 44.8 Å². The maximum Gasteiger partial charge on any atom is 0.0118 e. The number of rotatable bonds is 3.